The van der Waals surface area contributed by atoms with Gasteiger partial charge in [0.15, 0.2) is 0 Å². The highest BCUT2D eigenvalue weighted by molar-refractivity contribution is 5.93. The summed E-state index contributed by atoms with van der Waals surface area (Å²) in [7, 11) is 0. The van der Waals surface area contributed by atoms with Crippen molar-refractivity contribution in [3.63, 3.8) is 0 Å². The highest BCUT2D eigenvalue weighted by Gasteiger charge is 2.34. The predicted molar refractivity (Wildman–Crippen MR) is 87.7 cm³/mol. The van der Waals surface area contributed by atoms with E-state index >= 15 is 0 Å². The number of carbonyl (C=O) groups is 2. The summed E-state index contributed by atoms with van der Waals surface area (Å²) in [4.78, 5) is 25.7. The summed E-state index contributed by atoms with van der Waals surface area (Å²) in [5.41, 5.74) is -0.359. The number of aromatic nitrogens is 2. The van der Waals surface area contributed by atoms with Crippen LogP contribution in [-0.4, -0.2) is 74.3 Å². The number of nitrogens with zero attached hydrogens (tertiary/aromatic N) is 3. The Balaban J connectivity index is 2.04. The van der Waals surface area contributed by atoms with Gasteiger partial charge in [-0.3, -0.25) is 4.79 Å². The van der Waals surface area contributed by atoms with Crippen LogP contribution in [0.5, 0.6) is 0 Å². The number of ether oxygens (including phenoxy) is 1. The summed E-state index contributed by atoms with van der Waals surface area (Å²) in [6.45, 7) is 5.21. The molecule has 2 amide bonds. The number of alkyl carbamates (subject to hydrolysis) is 1. The van der Waals surface area contributed by atoms with Crippen molar-refractivity contribution < 1.29 is 24.5 Å². The highest BCUT2D eigenvalue weighted by atomic mass is 16.6. The topological polar surface area (TPSA) is 125 Å². The third-order valence-electron chi connectivity index (χ3n) is 3.65. The maximum atomic E-state index is 12.5. The van der Waals surface area contributed by atoms with E-state index in [0.29, 0.717) is 5.56 Å². The van der Waals surface area contributed by atoms with Crippen LogP contribution < -0.4 is 5.32 Å². The van der Waals surface area contributed by atoms with Crippen LogP contribution in [0.4, 0.5) is 4.79 Å². The van der Waals surface area contributed by atoms with Crippen molar-refractivity contribution in [3.8, 4) is 0 Å². The van der Waals surface area contributed by atoms with Gasteiger partial charge in [-0.25, -0.2) is 4.79 Å². The van der Waals surface area contributed by atoms with Crippen molar-refractivity contribution in [2.45, 2.75) is 51.0 Å². The highest BCUT2D eigenvalue weighted by Crippen LogP contribution is 2.16. The molecule has 9 heteroatoms. The number of amides is 2. The van der Waals surface area contributed by atoms with Gasteiger partial charge >= 0.3 is 6.09 Å². The van der Waals surface area contributed by atoms with Crippen LogP contribution in [0.3, 0.4) is 0 Å². The Kier molecular flexibility index (Phi) is 5.91. The lowest BCUT2D eigenvalue weighted by Gasteiger charge is -2.26. The van der Waals surface area contributed by atoms with Gasteiger partial charge in [0.2, 0.25) is 0 Å². The molecule has 25 heavy (non-hydrogen) atoms. The summed E-state index contributed by atoms with van der Waals surface area (Å²) < 4.78 is 5.17. The van der Waals surface area contributed by atoms with Crippen molar-refractivity contribution in [1.29, 1.82) is 0 Å². The quantitative estimate of drug-likeness (QED) is 0.681. The van der Waals surface area contributed by atoms with Gasteiger partial charge in [-0.2, -0.15) is 10.2 Å². The first-order valence-electron chi connectivity index (χ1n) is 8.07. The smallest absolute Gasteiger partial charge is 0.407 e. The van der Waals surface area contributed by atoms with Gasteiger partial charge in [0.1, 0.15) is 5.60 Å². The fourth-order valence-electron chi connectivity index (χ4n) is 2.59. The molecule has 138 valence electrons. The fourth-order valence-corrected chi connectivity index (χ4v) is 2.59. The Morgan fingerprint density at radius 2 is 2.00 bits per heavy atom. The average molecular weight is 352 g/mol. The van der Waals surface area contributed by atoms with E-state index in [1.54, 1.807) is 20.8 Å². The van der Waals surface area contributed by atoms with Crippen LogP contribution in [0.1, 0.15) is 37.6 Å². The molecule has 0 bridgehead atoms. The Morgan fingerprint density at radius 3 is 2.60 bits per heavy atom. The van der Waals surface area contributed by atoms with Crippen LogP contribution >= 0.6 is 0 Å². The Labute approximate surface area is 146 Å². The number of likely N-dealkylation sites (tertiary alicyclic amines) is 1. The first-order valence-corrected chi connectivity index (χ1v) is 8.07. The number of rotatable bonds is 2. The van der Waals surface area contributed by atoms with Crippen LogP contribution in [0.2, 0.25) is 0 Å². The van der Waals surface area contributed by atoms with E-state index in [1.807, 2.05) is 0 Å². The molecule has 1 aliphatic rings. The zero-order valence-corrected chi connectivity index (χ0v) is 14.5. The average Bonchev–Trinajstić information content (AvgIpc) is 2.64. The third kappa shape index (κ3) is 5.64. The van der Waals surface area contributed by atoms with Crippen molar-refractivity contribution >= 4 is 12.0 Å². The zero-order valence-electron chi connectivity index (χ0n) is 14.5. The van der Waals surface area contributed by atoms with E-state index in [4.69, 9.17) is 4.74 Å². The summed E-state index contributed by atoms with van der Waals surface area (Å²) >= 11 is 0. The molecule has 1 aliphatic heterocycles. The molecule has 3 N–H and O–H groups in total. The minimum absolute atomic E-state index is 0.0291. The molecule has 0 saturated carbocycles. The van der Waals surface area contributed by atoms with Gasteiger partial charge in [-0.05, 0) is 33.3 Å². The molecule has 0 aliphatic carbocycles. The van der Waals surface area contributed by atoms with Gasteiger partial charge in [-0.15, -0.1) is 0 Å². The fraction of sp³-hybridized carbons (Fsp3) is 0.625. The molecule has 1 fully saturated rings. The van der Waals surface area contributed by atoms with Gasteiger partial charge in [0.05, 0.1) is 36.2 Å². The molecule has 9 nitrogen and oxygen atoms in total. The molecule has 1 aromatic heterocycles. The Morgan fingerprint density at radius 1 is 1.28 bits per heavy atom. The molecule has 0 radical (unpaired) electrons. The number of hydrogen-bond donors (Lipinski definition) is 3. The van der Waals surface area contributed by atoms with Gasteiger partial charge in [-0.1, -0.05) is 0 Å². The summed E-state index contributed by atoms with van der Waals surface area (Å²) in [5, 5.41) is 30.4. The second-order valence-corrected chi connectivity index (χ2v) is 7.05. The standard InChI is InChI=1S/C16H24N4O5/c1-16(2,3)25-15(24)19-12-6-11(21)8-20(9-13(12)22)14(23)10-4-5-17-18-7-10/h4-5,7,11-13,21-22H,6,8-9H2,1-3H3,(H,19,24)/t11-,12-,13-/m1/s1. The molecule has 0 spiro atoms. The zero-order chi connectivity index (χ0) is 18.6. The van der Waals surface area contributed by atoms with Crippen molar-refractivity contribution in [2.75, 3.05) is 13.1 Å². The van der Waals surface area contributed by atoms with Gasteiger partial charge < -0.3 is 25.2 Å². The summed E-state index contributed by atoms with van der Waals surface area (Å²) in [6, 6.07) is 0.785. The number of hydrogen-bond acceptors (Lipinski definition) is 7. The molecule has 3 atom stereocenters. The van der Waals surface area contributed by atoms with Crippen LogP contribution in [-0.2, 0) is 4.74 Å². The third-order valence-corrected chi connectivity index (χ3v) is 3.65. The molecule has 0 unspecified atom stereocenters. The minimum atomic E-state index is -1.04. The first-order chi connectivity index (χ1) is 11.7. The SMILES string of the molecule is CC(C)(C)OC(=O)N[C@@H]1C[C@@H](O)CN(C(=O)c2ccnnc2)C[C@H]1O. The van der Waals surface area contributed by atoms with Gasteiger partial charge in [0.25, 0.3) is 5.91 Å². The van der Waals surface area contributed by atoms with E-state index in [1.165, 1.54) is 23.4 Å². The molecule has 2 heterocycles. The van der Waals surface area contributed by atoms with Gasteiger partial charge in [0, 0.05) is 13.1 Å². The molecule has 1 aromatic rings. The maximum Gasteiger partial charge on any atom is 0.407 e. The van der Waals surface area contributed by atoms with E-state index in [9.17, 15) is 19.8 Å². The Hall–Kier alpha value is -2.26. The van der Waals surface area contributed by atoms with E-state index in [2.05, 4.69) is 15.5 Å². The summed E-state index contributed by atoms with van der Waals surface area (Å²) in [6.07, 6.45) is 0.215. The van der Waals surface area contributed by atoms with Crippen LogP contribution in [0.15, 0.2) is 18.5 Å². The summed E-state index contributed by atoms with van der Waals surface area (Å²) in [5.74, 6) is -0.370. The number of aliphatic hydroxyl groups is 2. The molecule has 0 aromatic carbocycles. The molecule has 2 rings (SSSR count). The predicted octanol–water partition coefficient (Wildman–Crippen LogP) is -0.0624. The van der Waals surface area contributed by atoms with E-state index < -0.39 is 29.9 Å². The lowest BCUT2D eigenvalue weighted by Crippen LogP contribution is -2.48. The minimum Gasteiger partial charge on any atom is -0.444 e. The molecular formula is C16H24N4O5. The molecule has 1 saturated heterocycles. The van der Waals surface area contributed by atoms with Crippen molar-refractivity contribution in [1.82, 2.24) is 20.4 Å². The maximum absolute atomic E-state index is 12.5. The second kappa shape index (κ2) is 7.75. The van der Waals surface area contributed by atoms with Crippen LogP contribution in [0, 0.1) is 0 Å². The number of aliphatic hydroxyl groups excluding tert-OH is 2. The molecular weight excluding hydrogens is 328 g/mol. The lowest BCUT2D eigenvalue weighted by atomic mass is 10.1. The number of β-amino-alcohol motifs (C(OH)–C–C–N with tert-alkyl or cyclic N) is 2. The number of nitrogens with one attached hydrogen (secondary N) is 1. The normalized spacial score (nSPS) is 24.4. The monoisotopic (exact) mass is 352 g/mol. The second-order valence-electron chi connectivity index (χ2n) is 7.05. The largest absolute Gasteiger partial charge is 0.444 e. The number of carbonyl (C=O) groups excluding carboxylic acids is 2. The first kappa shape index (κ1) is 19.1. The van der Waals surface area contributed by atoms with Crippen molar-refractivity contribution in [3.05, 3.63) is 24.0 Å². The van der Waals surface area contributed by atoms with Crippen molar-refractivity contribution in [2.24, 2.45) is 0 Å². The van der Waals surface area contributed by atoms with Crippen LogP contribution in [0.25, 0.3) is 0 Å². The van der Waals surface area contributed by atoms with E-state index in [-0.39, 0.29) is 25.4 Å². The van der Waals surface area contributed by atoms with E-state index in [0.717, 1.165) is 0 Å². The Bertz CT molecular complexity index is 604. The lowest BCUT2D eigenvalue weighted by molar-refractivity contribution is 0.0383.